The third kappa shape index (κ3) is 2.30. The summed E-state index contributed by atoms with van der Waals surface area (Å²) in [4.78, 5) is 25.1. The van der Waals surface area contributed by atoms with Crippen molar-refractivity contribution in [2.75, 3.05) is 36.9 Å². The van der Waals surface area contributed by atoms with E-state index in [9.17, 15) is 4.79 Å². The maximum atomic E-state index is 11.7. The van der Waals surface area contributed by atoms with Gasteiger partial charge in [0.25, 0.3) is 0 Å². The highest BCUT2D eigenvalue weighted by Crippen LogP contribution is 2.26. The Labute approximate surface area is 119 Å². The molecule has 1 amide bonds. The monoisotopic (exact) mass is 275 g/mol. The summed E-state index contributed by atoms with van der Waals surface area (Å²) in [5, 5.41) is 3.09. The molecule has 1 atom stereocenters. The molecule has 0 saturated carbocycles. The van der Waals surface area contributed by atoms with Gasteiger partial charge in [-0.3, -0.25) is 4.79 Å². The van der Waals surface area contributed by atoms with E-state index in [0.717, 1.165) is 49.9 Å². The minimum atomic E-state index is 0.308. The zero-order chi connectivity index (χ0) is 14.1. The van der Waals surface area contributed by atoms with Crippen LogP contribution in [0.2, 0.25) is 0 Å². The molecule has 0 aromatic carbocycles. The lowest BCUT2D eigenvalue weighted by Gasteiger charge is -2.38. The van der Waals surface area contributed by atoms with Crippen molar-refractivity contribution in [3.05, 3.63) is 11.9 Å². The van der Waals surface area contributed by atoms with Gasteiger partial charge in [-0.15, -0.1) is 0 Å². The lowest BCUT2D eigenvalue weighted by molar-refractivity contribution is -0.129. The Balaban J connectivity index is 1.81. The van der Waals surface area contributed by atoms with Crippen molar-refractivity contribution in [3.63, 3.8) is 0 Å². The van der Waals surface area contributed by atoms with Gasteiger partial charge in [0, 0.05) is 51.6 Å². The summed E-state index contributed by atoms with van der Waals surface area (Å²) in [5.41, 5.74) is 0. The molecule has 2 fully saturated rings. The summed E-state index contributed by atoms with van der Waals surface area (Å²) >= 11 is 0. The van der Waals surface area contributed by atoms with Crippen molar-refractivity contribution in [2.45, 2.75) is 32.2 Å². The number of aromatic nitrogens is 2. The predicted octanol–water partition coefficient (Wildman–Crippen LogP) is 0.892. The first kappa shape index (κ1) is 13.1. The van der Waals surface area contributed by atoms with Crippen LogP contribution in [0.1, 0.15) is 25.6 Å². The topological polar surface area (TPSA) is 61.4 Å². The van der Waals surface area contributed by atoms with Crippen molar-refractivity contribution in [1.82, 2.24) is 14.9 Å². The highest BCUT2D eigenvalue weighted by Gasteiger charge is 2.35. The second kappa shape index (κ2) is 5.26. The molecule has 3 heterocycles. The Morgan fingerprint density at radius 3 is 3.00 bits per heavy atom. The second-order valence-electron chi connectivity index (χ2n) is 5.36. The highest BCUT2D eigenvalue weighted by atomic mass is 16.2. The first-order chi connectivity index (χ1) is 9.71. The Hall–Kier alpha value is -1.85. The molecule has 0 bridgehead atoms. The molecule has 20 heavy (non-hydrogen) atoms. The van der Waals surface area contributed by atoms with E-state index in [1.807, 2.05) is 18.0 Å². The number of amides is 1. The normalized spacial score (nSPS) is 22.1. The van der Waals surface area contributed by atoms with E-state index in [4.69, 9.17) is 0 Å². The number of carbonyl (C=O) groups excluding carboxylic acids is 1. The Morgan fingerprint density at radius 1 is 1.40 bits per heavy atom. The summed E-state index contributed by atoms with van der Waals surface area (Å²) in [7, 11) is 1.87. The molecule has 108 valence electrons. The lowest BCUT2D eigenvalue weighted by atomic mass is 10.1. The maximum Gasteiger partial charge on any atom is 0.223 e. The highest BCUT2D eigenvalue weighted by molar-refractivity contribution is 5.79. The van der Waals surface area contributed by atoms with E-state index >= 15 is 0 Å². The standard InChI is InChI=1S/C14H21N5O/c1-3-11-16-12(15-2)8-13(17-11)18-6-7-19-10(9-18)4-5-14(19)20/h8,10H,3-7,9H2,1-2H3,(H,15,16,17). The molecule has 1 aromatic heterocycles. The number of aryl methyl sites for hydroxylation is 1. The molecule has 0 spiro atoms. The lowest BCUT2D eigenvalue weighted by Crippen LogP contribution is -2.51. The van der Waals surface area contributed by atoms with E-state index in [0.29, 0.717) is 18.4 Å². The van der Waals surface area contributed by atoms with Crippen LogP contribution < -0.4 is 10.2 Å². The Morgan fingerprint density at radius 2 is 2.25 bits per heavy atom. The number of nitrogens with zero attached hydrogens (tertiary/aromatic N) is 4. The fourth-order valence-electron chi connectivity index (χ4n) is 3.00. The fraction of sp³-hybridized carbons (Fsp3) is 0.643. The van der Waals surface area contributed by atoms with Crippen molar-refractivity contribution in [1.29, 1.82) is 0 Å². The molecule has 0 aliphatic carbocycles. The van der Waals surface area contributed by atoms with Crippen molar-refractivity contribution < 1.29 is 4.79 Å². The van der Waals surface area contributed by atoms with Gasteiger partial charge < -0.3 is 15.1 Å². The van der Waals surface area contributed by atoms with Gasteiger partial charge in [-0.2, -0.15) is 0 Å². The van der Waals surface area contributed by atoms with Gasteiger partial charge in [-0.1, -0.05) is 6.92 Å². The van der Waals surface area contributed by atoms with E-state index in [-0.39, 0.29) is 0 Å². The SMILES string of the molecule is CCc1nc(NC)cc(N2CCN3C(=O)CCC3C2)n1. The van der Waals surface area contributed by atoms with Crippen LogP contribution in [-0.4, -0.2) is 53.5 Å². The molecule has 1 N–H and O–H groups in total. The Kier molecular flexibility index (Phi) is 3.46. The quantitative estimate of drug-likeness (QED) is 0.888. The predicted molar refractivity (Wildman–Crippen MR) is 77.9 cm³/mol. The molecule has 2 aliphatic rings. The summed E-state index contributed by atoms with van der Waals surface area (Å²) in [6.07, 6.45) is 2.49. The van der Waals surface area contributed by atoms with Crippen molar-refractivity contribution in [3.8, 4) is 0 Å². The molecular weight excluding hydrogens is 254 g/mol. The molecule has 0 radical (unpaired) electrons. The van der Waals surface area contributed by atoms with Crippen LogP contribution in [0.5, 0.6) is 0 Å². The molecule has 1 aromatic rings. The van der Waals surface area contributed by atoms with Crippen LogP contribution in [-0.2, 0) is 11.2 Å². The Bertz CT molecular complexity index is 496. The molecular formula is C14H21N5O. The van der Waals surface area contributed by atoms with Gasteiger partial charge in [-0.25, -0.2) is 9.97 Å². The second-order valence-corrected chi connectivity index (χ2v) is 5.36. The minimum absolute atomic E-state index is 0.308. The van der Waals surface area contributed by atoms with Gasteiger partial charge in [0.05, 0.1) is 0 Å². The van der Waals surface area contributed by atoms with Crippen LogP contribution in [0.4, 0.5) is 11.6 Å². The zero-order valence-corrected chi connectivity index (χ0v) is 12.1. The third-order valence-corrected chi connectivity index (χ3v) is 4.15. The number of hydrogen-bond donors (Lipinski definition) is 1. The molecule has 2 saturated heterocycles. The van der Waals surface area contributed by atoms with Crippen LogP contribution in [0.15, 0.2) is 6.07 Å². The maximum absolute atomic E-state index is 11.7. The smallest absolute Gasteiger partial charge is 0.223 e. The number of anilines is 2. The van der Waals surface area contributed by atoms with Gasteiger partial charge in [0.2, 0.25) is 5.91 Å². The number of carbonyl (C=O) groups is 1. The molecule has 6 nitrogen and oxygen atoms in total. The van der Waals surface area contributed by atoms with Crippen LogP contribution in [0, 0.1) is 0 Å². The van der Waals surface area contributed by atoms with Gasteiger partial charge >= 0.3 is 0 Å². The fourth-order valence-corrected chi connectivity index (χ4v) is 3.00. The van der Waals surface area contributed by atoms with E-state index in [1.54, 1.807) is 0 Å². The van der Waals surface area contributed by atoms with Gasteiger partial charge in [0.1, 0.15) is 17.5 Å². The summed E-state index contributed by atoms with van der Waals surface area (Å²) in [6, 6.07) is 2.35. The molecule has 3 rings (SSSR count). The molecule has 2 aliphatic heterocycles. The first-order valence-corrected chi connectivity index (χ1v) is 7.31. The van der Waals surface area contributed by atoms with E-state index < -0.39 is 0 Å². The largest absolute Gasteiger partial charge is 0.373 e. The molecule has 6 heteroatoms. The van der Waals surface area contributed by atoms with Crippen molar-refractivity contribution in [2.24, 2.45) is 0 Å². The number of nitrogens with one attached hydrogen (secondary N) is 1. The van der Waals surface area contributed by atoms with Gasteiger partial charge in [-0.05, 0) is 6.42 Å². The average Bonchev–Trinajstić information content (AvgIpc) is 2.87. The average molecular weight is 275 g/mol. The number of fused-ring (bicyclic) bond motifs is 1. The van der Waals surface area contributed by atoms with Gasteiger partial charge in [0.15, 0.2) is 0 Å². The van der Waals surface area contributed by atoms with Crippen LogP contribution >= 0.6 is 0 Å². The zero-order valence-electron chi connectivity index (χ0n) is 12.1. The minimum Gasteiger partial charge on any atom is -0.373 e. The number of hydrogen-bond acceptors (Lipinski definition) is 5. The van der Waals surface area contributed by atoms with Crippen LogP contribution in [0.25, 0.3) is 0 Å². The first-order valence-electron chi connectivity index (χ1n) is 7.31. The van der Waals surface area contributed by atoms with Crippen LogP contribution in [0.3, 0.4) is 0 Å². The summed E-state index contributed by atoms with van der Waals surface area (Å²) in [5.74, 6) is 3.00. The van der Waals surface area contributed by atoms with Crippen molar-refractivity contribution >= 4 is 17.5 Å². The number of rotatable bonds is 3. The summed E-state index contributed by atoms with van der Waals surface area (Å²) in [6.45, 7) is 4.61. The number of piperazine rings is 1. The third-order valence-electron chi connectivity index (χ3n) is 4.15. The van der Waals surface area contributed by atoms with E-state index in [1.165, 1.54) is 0 Å². The summed E-state index contributed by atoms with van der Waals surface area (Å²) < 4.78 is 0. The van der Waals surface area contributed by atoms with E-state index in [2.05, 4.69) is 27.1 Å². The molecule has 1 unspecified atom stereocenters.